The average molecular weight is 434 g/mol. The van der Waals surface area contributed by atoms with Crippen LogP contribution in [-0.2, 0) is 0 Å². The molecule has 0 amide bonds. The van der Waals surface area contributed by atoms with Gasteiger partial charge in [0.2, 0.25) is 28.4 Å². The third kappa shape index (κ3) is 3.25. The second-order valence-electron chi connectivity index (χ2n) is 6.17. The number of phenols is 2. The van der Waals surface area contributed by atoms with Crippen LogP contribution in [0.15, 0.2) is 21.3 Å². The molecule has 0 radical (unpaired) electrons. The highest BCUT2D eigenvalue weighted by atomic mass is 16.5. The molecule has 0 saturated heterocycles. The Morgan fingerprint density at radius 2 is 1.29 bits per heavy atom. The van der Waals surface area contributed by atoms with E-state index in [-0.39, 0.29) is 62.5 Å². The maximum Gasteiger partial charge on any atom is 0.239 e. The highest BCUT2D eigenvalue weighted by molar-refractivity contribution is 5.97. The standard InChI is InChI=1S/C21H22O10/c1-25-11-8-9(22)7-10(15(11)26-2)16-18(27-3)13(23)12-14(24)19(28-4)21(30-6)20(29-5)17(12)31-16/h7-8,22,24H,1-6H3. The Morgan fingerprint density at radius 1 is 0.710 bits per heavy atom. The Kier molecular flexibility index (Phi) is 5.91. The smallest absolute Gasteiger partial charge is 0.239 e. The summed E-state index contributed by atoms with van der Waals surface area (Å²) in [7, 11) is 8.05. The number of hydrogen-bond donors (Lipinski definition) is 2. The first-order valence-corrected chi connectivity index (χ1v) is 8.89. The molecular weight excluding hydrogens is 412 g/mol. The van der Waals surface area contributed by atoms with E-state index in [9.17, 15) is 15.0 Å². The maximum absolute atomic E-state index is 13.3. The van der Waals surface area contributed by atoms with Gasteiger partial charge in [-0.05, 0) is 6.07 Å². The van der Waals surface area contributed by atoms with Crippen molar-refractivity contribution in [3.05, 3.63) is 22.4 Å². The summed E-state index contributed by atoms with van der Waals surface area (Å²) in [4.78, 5) is 13.3. The molecule has 0 bridgehead atoms. The molecule has 0 aliphatic heterocycles. The lowest BCUT2D eigenvalue weighted by atomic mass is 10.1. The predicted molar refractivity (Wildman–Crippen MR) is 111 cm³/mol. The van der Waals surface area contributed by atoms with Crippen molar-refractivity contribution in [1.29, 1.82) is 0 Å². The molecule has 3 rings (SSSR count). The molecule has 3 aromatic rings. The van der Waals surface area contributed by atoms with Gasteiger partial charge >= 0.3 is 0 Å². The number of fused-ring (bicyclic) bond motifs is 1. The zero-order valence-corrected chi connectivity index (χ0v) is 17.8. The molecule has 0 aliphatic rings. The normalized spacial score (nSPS) is 10.6. The Morgan fingerprint density at radius 3 is 1.81 bits per heavy atom. The van der Waals surface area contributed by atoms with Crippen LogP contribution in [-0.4, -0.2) is 52.9 Å². The third-order valence-corrected chi connectivity index (χ3v) is 4.67. The number of hydrogen-bond acceptors (Lipinski definition) is 10. The fourth-order valence-electron chi connectivity index (χ4n) is 3.36. The van der Waals surface area contributed by atoms with E-state index in [1.807, 2.05) is 0 Å². The summed E-state index contributed by atoms with van der Waals surface area (Å²) in [5.41, 5.74) is -0.658. The molecule has 166 valence electrons. The third-order valence-electron chi connectivity index (χ3n) is 4.67. The van der Waals surface area contributed by atoms with Gasteiger partial charge in [-0.1, -0.05) is 0 Å². The molecule has 10 heteroatoms. The van der Waals surface area contributed by atoms with E-state index in [4.69, 9.17) is 32.8 Å². The number of aromatic hydroxyl groups is 2. The van der Waals surface area contributed by atoms with Crippen LogP contribution >= 0.6 is 0 Å². The van der Waals surface area contributed by atoms with Gasteiger partial charge in [0.25, 0.3) is 0 Å². The van der Waals surface area contributed by atoms with E-state index in [1.165, 1.54) is 54.8 Å². The summed E-state index contributed by atoms with van der Waals surface area (Å²) >= 11 is 0. The number of methoxy groups -OCH3 is 6. The predicted octanol–water partition coefficient (Wildman–Crippen LogP) is 2.92. The van der Waals surface area contributed by atoms with Gasteiger partial charge in [-0.2, -0.15) is 0 Å². The maximum atomic E-state index is 13.3. The van der Waals surface area contributed by atoms with E-state index in [2.05, 4.69) is 0 Å². The molecule has 0 fully saturated rings. The SMILES string of the molecule is COc1cc(O)cc(-c2oc3c(OC)c(OC)c(OC)c(O)c3c(=O)c2OC)c1OC. The molecule has 31 heavy (non-hydrogen) atoms. The van der Waals surface area contributed by atoms with Crippen molar-refractivity contribution in [2.24, 2.45) is 0 Å². The molecule has 0 aliphatic carbocycles. The van der Waals surface area contributed by atoms with E-state index < -0.39 is 11.2 Å². The highest BCUT2D eigenvalue weighted by Gasteiger charge is 2.30. The monoisotopic (exact) mass is 434 g/mol. The van der Waals surface area contributed by atoms with Crippen LogP contribution in [0.2, 0.25) is 0 Å². The number of phenolic OH excluding ortho intramolecular Hbond substituents is 2. The molecule has 1 aromatic heterocycles. The highest BCUT2D eigenvalue weighted by Crippen LogP contribution is 2.52. The van der Waals surface area contributed by atoms with Crippen molar-refractivity contribution in [3.63, 3.8) is 0 Å². The van der Waals surface area contributed by atoms with Gasteiger partial charge in [-0.25, -0.2) is 0 Å². The minimum atomic E-state index is -0.708. The molecule has 1 heterocycles. The summed E-state index contributed by atoms with van der Waals surface area (Å²) in [6, 6.07) is 2.66. The lowest BCUT2D eigenvalue weighted by Gasteiger charge is -2.18. The lowest BCUT2D eigenvalue weighted by Crippen LogP contribution is -2.10. The first-order chi connectivity index (χ1) is 14.9. The zero-order valence-electron chi connectivity index (χ0n) is 17.8. The van der Waals surface area contributed by atoms with E-state index in [0.29, 0.717) is 0 Å². The number of rotatable bonds is 7. The molecule has 2 aromatic carbocycles. The second-order valence-corrected chi connectivity index (χ2v) is 6.17. The van der Waals surface area contributed by atoms with Gasteiger partial charge in [0.05, 0.1) is 48.2 Å². The van der Waals surface area contributed by atoms with Crippen molar-refractivity contribution < 1.29 is 43.1 Å². The zero-order chi connectivity index (χ0) is 22.9. The van der Waals surface area contributed by atoms with Crippen LogP contribution < -0.4 is 33.8 Å². The van der Waals surface area contributed by atoms with E-state index in [0.717, 1.165) is 0 Å². The molecule has 0 saturated carbocycles. The van der Waals surface area contributed by atoms with Gasteiger partial charge in [-0.3, -0.25) is 4.79 Å². The van der Waals surface area contributed by atoms with E-state index in [1.54, 1.807) is 0 Å². The summed E-state index contributed by atoms with van der Waals surface area (Å²) in [6.07, 6.45) is 0. The van der Waals surface area contributed by atoms with Crippen LogP contribution in [0.3, 0.4) is 0 Å². The lowest BCUT2D eigenvalue weighted by molar-refractivity contribution is 0.310. The minimum absolute atomic E-state index is 0.0132. The molecular formula is C21H22O10. The van der Waals surface area contributed by atoms with Gasteiger partial charge in [-0.15, -0.1) is 0 Å². The summed E-state index contributed by atoms with van der Waals surface area (Å²) in [6.45, 7) is 0. The molecule has 2 N–H and O–H groups in total. The Hall–Kier alpha value is -3.95. The van der Waals surface area contributed by atoms with Crippen LogP contribution in [0.1, 0.15) is 0 Å². The number of benzene rings is 2. The first-order valence-electron chi connectivity index (χ1n) is 8.89. The fraction of sp³-hybridized carbons (Fsp3) is 0.286. The summed E-state index contributed by atoms with van der Waals surface area (Å²) in [5.74, 6) is -0.693. The van der Waals surface area contributed by atoms with Crippen LogP contribution in [0.5, 0.6) is 46.0 Å². The van der Waals surface area contributed by atoms with E-state index >= 15 is 0 Å². The Balaban J connectivity index is 2.57. The van der Waals surface area contributed by atoms with Crippen molar-refractivity contribution in [2.45, 2.75) is 0 Å². The second kappa shape index (κ2) is 8.42. The quantitative estimate of drug-likeness (QED) is 0.573. The molecule has 0 spiro atoms. The first kappa shape index (κ1) is 21.8. The van der Waals surface area contributed by atoms with Crippen molar-refractivity contribution >= 4 is 11.0 Å². The minimum Gasteiger partial charge on any atom is -0.508 e. The molecule has 0 unspecified atom stereocenters. The van der Waals surface area contributed by atoms with Crippen molar-refractivity contribution in [2.75, 3.05) is 42.7 Å². The van der Waals surface area contributed by atoms with Crippen LogP contribution in [0, 0.1) is 0 Å². The summed E-state index contributed by atoms with van der Waals surface area (Å²) in [5, 5.41) is 20.6. The van der Waals surface area contributed by atoms with Gasteiger partial charge in [0.15, 0.2) is 28.6 Å². The van der Waals surface area contributed by atoms with Crippen LogP contribution in [0.25, 0.3) is 22.3 Å². The largest absolute Gasteiger partial charge is 0.508 e. The van der Waals surface area contributed by atoms with Gasteiger partial charge in [0, 0.05) is 6.07 Å². The van der Waals surface area contributed by atoms with Crippen LogP contribution in [0.4, 0.5) is 0 Å². The summed E-state index contributed by atoms with van der Waals surface area (Å²) < 4.78 is 37.9. The topological polar surface area (TPSA) is 126 Å². The van der Waals surface area contributed by atoms with Gasteiger partial charge in [0.1, 0.15) is 11.1 Å². The Labute approximate surface area is 177 Å². The molecule has 10 nitrogen and oxygen atoms in total. The average Bonchev–Trinajstić information content (AvgIpc) is 2.77. The van der Waals surface area contributed by atoms with Crippen molar-refractivity contribution in [1.82, 2.24) is 0 Å². The molecule has 0 atom stereocenters. The fourth-order valence-corrected chi connectivity index (χ4v) is 3.36. The number of ether oxygens (including phenoxy) is 6. The van der Waals surface area contributed by atoms with Gasteiger partial charge < -0.3 is 43.1 Å². The Bertz CT molecular complexity index is 1200. The van der Waals surface area contributed by atoms with Crippen molar-refractivity contribution in [3.8, 4) is 57.3 Å².